The van der Waals surface area contributed by atoms with Crippen molar-refractivity contribution in [2.75, 3.05) is 7.11 Å². The molecule has 6 heteroatoms. The quantitative estimate of drug-likeness (QED) is 0.472. The lowest BCUT2D eigenvalue weighted by Gasteiger charge is -2.02. The number of hydrogen-bond acceptors (Lipinski definition) is 3. The second-order valence-corrected chi connectivity index (χ2v) is 4.49. The third-order valence-electron chi connectivity index (χ3n) is 2.45. The molecule has 0 radical (unpaired) electrons. The Labute approximate surface area is 152 Å². The van der Waals surface area contributed by atoms with Gasteiger partial charge in [0.05, 0.1) is 18.9 Å². The Kier molecular flexibility index (Phi) is 36.3. The van der Waals surface area contributed by atoms with E-state index in [-0.39, 0.29) is 30.7 Å². The molecule has 4 N–H and O–H groups in total. The molecule has 0 rings (SSSR count). The van der Waals surface area contributed by atoms with Crippen LogP contribution in [0.5, 0.6) is 0 Å². The molecule has 0 aliphatic heterocycles. The van der Waals surface area contributed by atoms with Crippen molar-refractivity contribution >= 4 is 18.7 Å². The average Bonchev–Trinajstić information content (AvgIpc) is 2.56. The van der Waals surface area contributed by atoms with Gasteiger partial charge in [-0.1, -0.05) is 35.1 Å². The Bertz CT molecular complexity index is 436. The number of aliphatic carboxylic acids is 1. The third kappa shape index (κ3) is 26.9. The molecule has 146 valence electrons. The van der Waals surface area contributed by atoms with E-state index in [2.05, 4.69) is 35.2 Å². The first-order chi connectivity index (χ1) is 10.9. The molecule has 0 spiro atoms. The third-order valence-corrected chi connectivity index (χ3v) is 2.45. The summed E-state index contributed by atoms with van der Waals surface area (Å²) in [5.74, 6) is 10.0. The Morgan fingerprint density at radius 3 is 1.64 bits per heavy atom. The highest BCUT2D eigenvalue weighted by atomic mass is 16.5. The molecule has 0 saturated heterocycles. The summed E-state index contributed by atoms with van der Waals surface area (Å²) in [6.07, 6.45) is 2.70. The highest BCUT2D eigenvalue weighted by Gasteiger charge is 2.10. The van der Waals surface area contributed by atoms with Gasteiger partial charge < -0.3 is 15.3 Å². The minimum Gasteiger partial charge on any atom is -0.481 e. The van der Waals surface area contributed by atoms with Gasteiger partial charge in [0, 0.05) is 25.7 Å². The van der Waals surface area contributed by atoms with E-state index in [1.54, 1.807) is 6.92 Å². The van der Waals surface area contributed by atoms with Crippen molar-refractivity contribution in [1.82, 2.24) is 0 Å². The van der Waals surface area contributed by atoms with Crippen molar-refractivity contribution < 1.29 is 29.7 Å². The number of esters is 1. The molecule has 0 amide bonds. The van der Waals surface area contributed by atoms with Gasteiger partial charge in [0.2, 0.25) is 0 Å². The van der Waals surface area contributed by atoms with Gasteiger partial charge in [0.25, 0.3) is 6.79 Å². The van der Waals surface area contributed by atoms with Crippen LogP contribution >= 0.6 is 0 Å². The summed E-state index contributed by atoms with van der Waals surface area (Å²) in [4.78, 5) is 27.8. The van der Waals surface area contributed by atoms with Crippen LogP contribution in [0.4, 0.5) is 0 Å². The average molecular weight is 359 g/mol. The van der Waals surface area contributed by atoms with E-state index in [0.29, 0.717) is 12.8 Å². The van der Waals surface area contributed by atoms with Crippen LogP contribution in [0.1, 0.15) is 60.8 Å². The molecule has 6 nitrogen and oxygen atoms in total. The fraction of sp³-hybridized carbons (Fsp3) is 0.632. The van der Waals surface area contributed by atoms with Crippen LogP contribution in [0.3, 0.4) is 0 Å². The smallest absolute Gasteiger partial charge is 0.309 e. The van der Waals surface area contributed by atoms with Crippen LogP contribution in [0.15, 0.2) is 0 Å². The molecule has 1 unspecified atom stereocenters. The van der Waals surface area contributed by atoms with Crippen LogP contribution < -0.4 is 0 Å². The van der Waals surface area contributed by atoms with E-state index < -0.39 is 5.97 Å². The summed E-state index contributed by atoms with van der Waals surface area (Å²) in [7, 11) is 1.39. The number of rotatable bonds is 4. The second-order valence-electron chi connectivity index (χ2n) is 4.49. The zero-order valence-electron chi connectivity index (χ0n) is 15.3. The lowest BCUT2D eigenvalue weighted by molar-refractivity contribution is -0.144. The van der Waals surface area contributed by atoms with E-state index >= 15 is 0 Å². The molecule has 0 saturated carbocycles. The zero-order chi connectivity index (χ0) is 18.7. The van der Waals surface area contributed by atoms with Crippen molar-refractivity contribution in [1.29, 1.82) is 0 Å². The number of carbonyl (C=O) groups excluding carboxylic acids is 2. The van der Waals surface area contributed by atoms with E-state index in [4.69, 9.17) is 9.90 Å². The first-order valence-corrected chi connectivity index (χ1v) is 7.44. The topological polar surface area (TPSA) is 117 Å². The minimum absolute atomic E-state index is 0. The summed E-state index contributed by atoms with van der Waals surface area (Å²) in [5.41, 5.74) is 0. The summed E-state index contributed by atoms with van der Waals surface area (Å²) in [5, 5.41) is 8.41. The maximum Gasteiger partial charge on any atom is 0.309 e. The van der Waals surface area contributed by atoms with E-state index in [1.807, 2.05) is 20.8 Å². The van der Waals surface area contributed by atoms with Crippen molar-refractivity contribution in [3.8, 4) is 23.7 Å². The first kappa shape index (κ1) is 34.1. The van der Waals surface area contributed by atoms with Gasteiger partial charge in [-0.05, 0) is 0 Å². The predicted octanol–water partition coefficient (Wildman–Crippen LogP) is 2.71. The minimum atomic E-state index is -0.773. The van der Waals surface area contributed by atoms with Crippen LogP contribution in [-0.4, -0.2) is 41.2 Å². The first-order valence-electron chi connectivity index (χ1n) is 7.44. The number of hydrogen-bond donors (Lipinski definition) is 1. The molecule has 0 aromatic heterocycles. The van der Waals surface area contributed by atoms with Gasteiger partial charge in [-0.15, -0.1) is 23.7 Å². The van der Waals surface area contributed by atoms with Gasteiger partial charge in [0.1, 0.15) is 0 Å². The molecular formula is C19H35O6+. The maximum atomic E-state index is 10.8. The predicted molar refractivity (Wildman–Crippen MR) is 103 cm³/mol. The molecule has 0 aromatic rings. The Morgan fingerprint density at radius 1 is 1.00 bits per heavy atom. The molecule has 0 fully saturated rings. The van der Waals surface area contributed by atoms with Crippen molar-refractivity contribution in [3.05, 3.63) is 0 Å². The fourth-order valence-corrected chi connectivity index (χ4v) is 1.07. The SMILES string of the molecule is C.C=[OH+].CCC#CCC(C)C(=O)OC.CCC#CC[C@H](C)C(=O)O.O. The highest BCUT2D eigenvalue weighted by molar-refractivity contribution is 5.72. The van der Waals surface area contributed by atoms with Crippen molar-refractivity contribution in [3.63, 3.8) is 0 Å². The van der Waals surface area contributed by atoms with E-state index in [0.717, 1.165) is 12.8 Å². The lowest BCUT2D eigenvalue weighted by Crippen LogP contribution is -2.11. The maximum absolute atomic E-state index is 10.8. The van der Waals surface area contributed by atoms with E-state index in [9.17, 15) is 9.59 Å². The summed E-state index contributed by atoms with van der Waals surface area (Å²) >= 11 is 0. The number of carboxylic acid groups (broad SMARTS) is 1. The monoisotopic (exact) mass is 359 g/mol. The Morgan fingerprint density at radius 2 is 1.36 bits per heavy atom. The summed E-state index contributed by atoms with van der Waals surface area (Å²) < 4.78 is 4.54. The normalized spacial score (nSPS) is 9.64. The molecule has 0 aliphatic carbocycles. The molecule has 0 aromatic carbocycles. The Hall–Kier alpha value is -2.31. The summed E-state index contributed by atoms with van der Waals surface area (Å²) in [6, 6.07) is 0. The van der Waals surface area contributed by atoms with Crippen molar-refractivity contribution in [2.24, 2.45) is 11.8 Å². The van der Waals surface area contributed by atoms with Gasteiger partial charge in [-0.3, -0.25) is 14.4 Å². The van der Waals surface area contributed by atoms with Gasteiger partial charge >= 0.3 is 11.9 Å². The van der Waals surface area contributed by atoms with Gasteiger partial charge in [-0.2, -0.15) is 0 Å². The van der Waals surface area contributed by atoms with Crippen LogP contribution in [0, 0.1) is 35.5 Å². The van der Waals surface area contributed by atoms with Crippen LogP contribution in [0.25, 0.3) is 0 Å². The number of carboxylic acids is 1. The molecule has 2 atom stereocenters. The zero-order valence-corrected chi connectivity index (χ0v) is 15.3. The van der Waals surface area contributed by atoms with Crippen LogP contribution in [-0.2, 0) is 14.3 Å². The van der Waals surface area contributed by atoms with Gasteiger partial charge in [0.15, 0.2) is 0 Å². The molecular weight excluding hydrogens is 324 g/mol. The standard InChI is InChI=1S/C9H14O2.C8H12O2.CH2O.CH4.H2O/c1-4-5-6-7-8(2)9(10)11-3;1-3-4-5-6-7(2)8(9)10;1-2;;/h8H,4,7H2,1-3H3;7H,3,6H2,1-2H3,(H,9,10);1H2;1H4;1H2/p+1/t;7-;;;/m.0.../s1. The molecule has 0 bridgehead atoms. The largest absolute Gasteiger partial charge is 0.481 e. The number of carbonyl (C=O) groups is 2. The van der Waals surface area contributed by atoms with E-state index in [1.165, 1.54) is 7.11 Å². The fourth-order valence-electron chi connectivity index (χ4n) is 1.07. The van der Waals surface area contributed by atoms with Crippen molar-refractivity contribution in [2.45, 2.75) is 60.8 Å². The summed E-state index contributed by atoms with van der Waals surface area (Å²) in [6.45, 7) is 9.65. The second kappa shape index (κ2) is 26.6. The molecule has 0 heterocycles. The number of ether oxygens (including phenoxy) is 1. The van der Waals surface area contributed by atoms with Gasteiger partial charge in [-0.25, -0.2) is 0 Å². The van der Waals surface area contributed by atoms with Crippen LogP contribution in [0.2, 0.25) is 0 Å². The molecule has 0 aliphatic rings. The lowest BCUT2D eigenvalue weighted by atomic mass is 10.1. The Balaban J connectivity index is -0.0000000905. The highest BCUT2D eigenvalue weighted by Crippen LogP contribution is 2.01. The number of methoxy groups -OCH3 is 1. The molecule has 25 heavy (non-hydrogen) atoms.